The summed E-state index contributed by atoms with van der Waals surface area (Å²) in [7, 11) is 2.99. The Morgan fingerprint density at radius 1 is 1.03 bits per heavy atom. The summed E-state index contributed by atoms with van der Waals surface area (Å²) in [4.78, 5) is 23.9. The predicted molar refractivity (Wildman–Crippen MR) is 116 cm³/mol. The van der Waals surface area contributed by atoms with E-state index >= 15 is 0 Å². The molecule has 1 aliphatic carbocycles. The largest absolute Gasteiger partial charge is 0.497 e. The molecule has 1 amide bonds. The Bertz CT molecular complexity index is 1050. The third-order valence-corrected chi connectivity index (χ3v) is 5.77. The van der Waals surface area contributed by atoms with E-state index in [4.69, 9.17) is 9.47 Å². The van der Waals surface area contributed by atoms with Crippen molar-refractivity contribution < 1.29 is 19.1 Å². The number of nitrogens with one attached hydrogen (secondary N) is 2. The number of rotatable bonds is 7. The van der Waals surface area contributed by atoms with Gasteiger partial charge in [0.1, 0.15) is 5.75 Å². The maximum Gasteiger partial charge on any atom is 0.337 e. The first-order valence-electron chi connectivity index (χ1n) is 10.2. The van der Waals surface area contributed by atoms with E-state index in [1.807, 2.05) is 42.5 Å². The van der Waals surface area contributed by atoms with E-state index < -0.39 is 0 Å². The molecule has 0 aliphatic heterocycles. The molecule has 0 atom stereocenters. The molecule has 1 aliphatic rings. The number of benzene rings is 2. The number of aromatic nitrogens is 2. The third-order valence-electron chi connectivity index (χ3n) is 5.77. The summed E-state index contributed by atoms with van der Waals surface area (Å²) in [6.07, 6.45) is 2.28. The topological polar surface area (TPSA) is 93.3 Å². The van der Waals surface area contributed by atoms with Gasteiger partial charge in [0.15, 0.2) is 5.82 Å². The number of carbonyl (C=O) groups excluding carboxylic acids is 2. The molecule has 2 aromatic carbocycles. The van der Waals surface area contributed by atoms with Gasteiger partial charge in [-0.3, -0.25) is 9.89 Å². The number of hydrogen-bond acceptors (Lipinski definition) is 5. The molecule has 31 heavy (non-hydrogen) atoms. The van der Waals surface area contributed by atoms with E-state index in [0.717, 1.165) is 29.8 Å². The quantitative estimate of drug-likeness (QED) is 0.564. The summed E-state index contributed by atoms with van der Waals surface area (Å²) >= 11 is 0. The van der Waals surface area contributed by atoms with Crippen LogP contribution in [-0.4, -0.2) is 36.3 Å². The number of hydrogen-bond donors (Lipinski definition) is 2. The Balaban J connectivity index is 1.28. The van der Waals surface area contributed by atoms with Crippen molar-refractivity contribution in [2.45, 2.75) is 31.1 Å². The van der Waals surface area contributed by atoms with Crippen molar-refractivity contribution in [2.24, 2.45) is 0 Å². The Morgan fingerprint density at radius 3 is 2.39 bits per heavy atom. The van der Waals surface area contributed by atoms with Gasteiger partial charge in [0.2, 0.25) is 5.91 Å². The number of carbonyl (C=O) groups is 2. The molecule has 0 radical (unpaired) electrons. The highest BCUT2D eigenvalue weighted by Crippen LogP contribution is 2.47. The van der Waals surface area contributed by atoms with Crippen LogP contribution in [0.2, 0.25) is 0 Å². The van der Waals surface area contributed by atoms with E-state index in [0.29, 0.717) is 23.2 Å². The van der Waals surface area contributed by atoms with Crippen LogP contribution in [0, 0.1) is 0 Å². The molecular formula is C24H25N3O4. The average molecular weight is 419 g/mol. The van der Waals surface area contributed by atoms with E-state index in [-0.39, 0.29) is 18.3 Å². The number of ether oxygens (including phenoxy) is 2. The standard InChI is InChI=1S/C24H25N3O4/c1-30-20-9-3-15(4-10-20)11-23(28)25-22-14-21(26-27-22)19-12-18(13-19)16-5-7-17(8-6-16)24(29)31-2/h3-10,14,18-19H,11-13H2,1-2H3,(H2,25,26,27,28). The Kier molecular flexibility index (Phi) is 6.02. The number of amides is 1. The van der Waals surface area contributed by atoms with Gasteiger partial charge in [-0.2, -0.15) is 5.10 Å². The minimum atomic E-state index is -0.322. The van der Waals surface area contributed by atoms with Crippen LogP contribution in [0.15, 0.2) is 54.6 Å². The first-order valence-corrected chi connectivity index (χ1v) is 10.2. The van der Waals surface area contributed by atoms with Gasteiger partial charge in [-0.15, -0.1) is 0 Å². The van der Waals surface area contributed by atoms with Crippen LogP contribution < -0.4 is 10.1 Å². The second-order valence-electron chi connectivity index (χ2n) is 7.76. The van der Waals surface area contributed by atoms with Gasteiger partial charge < -0.3 is 14.8 Å². The van der Waals surface area contributed by atoms with E-state index in [9.17, 15) is 9.59 Å². The molecular weight excluding hydrogens is 394 g/mol. The maximum atomic E-state index is 12.3. The van der Waals surface area contributed by atoms with Crippen LogP contribution in [0.25, 0.3) is 0 Å². The average Bonchev–Trinajstić information content (AvgIpc) is 3.20. The Hall–Kier alpha value is -3.61. The molecule has 3 aromatic rings. The van der Waals surface area contributed by atoms with Crippen LogP contribution in [0.1, 0.15) is 51.9 Å². The second kappa shape index (κ2) is 9.04. The molecule has 160 valence electrons. The fraction of sp³-hybridized carbons (Fsp3) is 0.292. The van der Waals surface area contributed by atoms with Gasteiger partial charge in [-0.05, 0) is 54.2 Å². The maximum absolute atomic E-state index is 12.3. The number of esters is 1. The van der Waals surface area contributed by atoms with E-state index in [1.165, 1.54) is 12.7 Å². The van der Waals surface area contributed by atoms with Crippen LogP contribution in [0.3, 0.4) is 0 Å². The Labute approximate surface area is 180 Å². The van der Waals surface area contributed by atoms with E-state index in [1.54, 1.807) is 19.2 Å². The molecule has 4 rings (SSSR count). The van der Waals surface area contributed by atoms with Crippen molar-refractivity contribution in [1.29, 1.82) is 0 Å². The molecule has 1 aromatic heterocycles. The summed E-state index contributed by atoms with van der Waals surface area (Å²) in [6, 6.07) is 16.9. The zero-order valence-corrected chi connectivity index (χ0v) is 17.6. The normalized spacial score (nSPS) is 17.5. The predicted octanol–water partition coefficient (Wildman–Crippen LogP) is 4.05. The summed E-state index contributed by atoms with van der Waals surface area (Å²) in [5.41, 5.74) is 3.72. The molecule has 2 N–H and O–H groups in total. The van der Waals surface area contributed by atoms with Crippen molar-refractivity contribution >= 4 is 17.7 Å². The SMILES string of the molecule is COC(=O)c1ccc(C2CC(c3cc(NC(=O)Cc4ccc(OC)cc4)n[nH]3)C2)cc1. The molecule has 0 unspecified atom stereocenters. The molecule has 7 nitrogen and oxygen atoms in total. The van der Waals surface area contributed by atoms with Crippen LogP contribution in [0.4, 0.5) is 5.82 Å². The van der Waals surface area contributed by atoms with Crippen LogP contribution in [-0.2, 0) is 16.0 Å². The number of anilines is 1. The molecule has 1 saturated carbocycles. The molecule has 1 fully saturated rings. The first-order chi connectivity index (χ1) is 15.1. The second-order valence-corrected chi connectivity index (χ2v) is 7.76. The lowest BCUT2D eigenvalue weighted by Crippen LogP contribution is -2.20. The molecule has 0 bridgehead atoms. The lowest BCUT2D eigenvalue weighted by molar-refractivity contribution is -0.115. The summed E-state index contributed by atoms with van der Waals surface area (Å²) in [5, 5.41) is 10.1. The van der Waals surface area contributed by atoms with Gasteiger partial charge >= 0.3 is 5.97 Å². The van der Waals surface area contributed by atoms with E-state index in [2.05, 4.69) is 15.5 Å². The number of H-pyrrole nitrogens is 1. The smallest absolute Gasteiger partial charge is 0.337 e. The number of methoxy groups -OCH3 is 2. The lowest BCUT2D eigenvalue weighted by Gasteiger charge is -2.35. The van der Waals surface area contributed by atoms with Crippen LogP contribution >= 0.6 is 0 Å². The van der Waals surface area contributed by atoms with Gasteiger partial charge in [0, 0.05) is 17.7 Å². The highest BCUT2D eigenvalue weighted by molar-refractivity contribution is 5.91. The molecule has 7 heteroatoms. The van der Waals surface area contributed by atoms with Gasteiger partial charge in [-0.1, -0.05) is 24.3 Å². The molecule has 0 saturated heterocycles. The van der Waals surface area contributed by atoms with Gasteiger partial charge in [0.05, 0.1) is 26.2 Å². The fourth-order valence-electron chi connectivity index (χ4n) is 3.88. The number of nitrogens with zero attached hydrogens (tertiary/aromatic N) is 1. The van der Waals surface area contributed by atoms with Gasteiger partial charge in [0.25, 0.3) is 0 Å². The minimum Gasteiger partial charge on any atom is -0.497 e. The molecule has 0 spiro atoms. The van der Waals surface area contributed by atoms with Crippen molar-refractivity contribution in [3.8, 4) is 5.75 Å². The monoisotopic (exact) mass is 419 g/mol. The lowest BCUT2D eigenvalue weighted by atomic mass is 9.70. The van der Waals surface area contributed by atoms with Crippen LogP contribution in [0.5, 0.6) is 5.75 Å². The van der Waals surface area contributed by atoms with Crippen molar-refractivity contribution in [3.05, 3.63) is 77.0 Å². The fourth-order valence-corrected chi connectivity index (χ4v) is 3.88. The highest BCUT2D eigenvalue weighted by Gasteiger charge is 2.32. The minimum absolute atomic E-state index is 0.111. The summed E-state index contributed by atoms with van der Waals surface area (Å²) in [6.45, 7) is 0. The Morgan fingerprint density at radius 2 is 1.74 bits per heavy atom. The first kappa shape index (κ1) is 20.7. The zero-order chi connectivity index (χ0) is 21.8. The third kappa shape index (κ3) is 4.77. The molecule has 1 heterocycles. The van der Waals surface area contributed by atoms with Gasteiger partial charge in [-0.25, -0.2) is 4.79 Å². The van der Waals surface area contributed by atoms with Crippen molar-refractivity contribution in [1.82, 2.24) is 10.2 Å². The summed E-state index contributed by atoms with van der Waals surface area (Å²) in [5.74, 6) is 1.70. The van der Waals surface area contributed by atoms with Crippen molar-refractivity contribution in [3.63, 3.8) is 0 Å². The summed E-state index contributed by atoms with van der Waals surface area (Å²) < 4.78 is 9.87. The number of aromatic amines is 1. The highest BCUT2D eigenvalue weighted by atomic mass is 16.5. The zero-order valence-electron chi connectivity index (χ0n) is 17.6. The van der Waals surface area contributed by atoms with Crippen molar-refractivity contribution in [2.75, 3.05) is 19.5 Å².